The van der Waals surface area contributed by atoms with Gasteiger partial charge in [-0.3, -0.25) is 9.59 Å². The molecule has 0 aliphatic heterocycles. The van der Waals surface area contributed by atoms with Crippen LogP contribution < -0.4 is 11.1 Å². The topological polar surface area (TPSA) is 72.2 Å². The van der Waals surface area contributed by atoms with E-state index >= 15 is 0 Å². The number of benzene rings is 2. The van der Waals surface area contributed by atoms with Crippen molar-refractivity contribution in [3.05, 3.63) is 64.0 Å². The van der Waals surface area contributed by atoms with Gasteiger partial charge >= 0.3 is 0 Å². The van der Waals surface area contributed by atoms with Crippen molar-refractivity contribution in [3.8, 4) is 0 Å². The quantitative estimate of drug-likeness (QED) is 0.724. The number of fused-ring (bicyclic) bond motifs is 2. The largest absolute Gasteiger partial charge is 0.365 e. The maximum Gasteiger partial charge on any atom is 0.256 e. The van der Waals surface area contributed by atoms with Crippen LogP contribution in [0, 0.1) is 5.92 Å². The average molecular weight is 364 g/mol. The Morgan fingerprint density at radius 2 is 1.92 bits per heavy atom. The summed E-state index contributed by atoms with van der Waals surface area (Å²) < 4.78 is 0. The van der Waals surface area contributed by atoms with Crippen molar-refractivity contribution in [2.24, 2.45) is 11.7 Å². The number of anilines is 1. The Kier molecular flexibility index (Phi) is 4.24. The summed E-state index contributed by atoms with van der Waals surface area (Å²) in [6.45, 7) is 2.21. The zero-order valence-electron chi connectivity index (χ0n) is 14.5. The SMILES string of the molecule is CC1CCc2c(sc(NC(=O)c3cccc4ccccc34)c2C(N)=O)C1. The molecule has 132 valence electrons. The van der Waals surface area contributed by atoms with Gasteiger partial charge in [-0.25, -0.2) is 0 Å². The number of amides is 2. The Labute approximate surface area is 156 Å². The lowest BCUT2D eigenvalue weighted by Gasteiger charge is -2.18. The molecule has 1 aliphatic rings. The molecule has 0 bridgehead atoms. The third kappa shape index (κ3) is 2.88. The molecule has 2 aromatic carbocycles. The molecular weight excluding hydrogens is 344 g/mol. The summed E-state index contributed by atoms with van der Waals surface area (Å²) in [6, 6.07) is 13.4. The van der Waals surface area contributed by atoms with Crippen LogP contribution in [0.2, 0.25) is 0 Å². The summed E-state index contributed by atoms with van der Waals surface area (Å²) in [5.74, 6) is -0.0929. The minimum Gasteiger partial charge on any atom is -0.365 e. The zero-order chi connectivity index (χ0) is 18.3. The molecule has 1 atom stereocenters. The second-order valence-electron chi connectivity index (χ2n) is 6.90. The molecule has 26 heavy (non-hydrogen) atoms. The van der Waals surface area contributed by atoms with E-state index in [9.17, 15) is 9.59 Å². The van der Waals surface area contributed by atoms with Gasteiger partial charge in [-0.2, -0.15) is 0 Å². The molecule has 4 rings (SSSR count). The highest BCUT2D eigenvalue weighted by Crippen LogP contribution is 2.39. The van der Waals surface area contributed by atoms with Crippen LogP contribution in [0.4, 0.5) is 5.00 Å². The van der Waals surface area contributed by atoms with Gasteiger partial charge in [0.1, 0.15) is 5.00 Å². The normalized spacial score (nSPS) is 16.3. The number of carbonyl (C=O) groups is 2. The summed E-state index contributed by atoms with van der Waals surface area (Å²) in [4.78, 5) is 26.1. The van der Waals surface area contributed by atoms with E-state index in [1.165, 1.54) is 16.2 Å². The van der Waals surface area contributed by atoms with Crippen LogP contribution in [0.3, 0.4) is 0 Å². The lowest BCUT2D eigenvalue weighted by molar-refractivity contribution is 0.1000. The summed E-state index contributed by atoms with van der Waals surface area (Å²) in [5.41, 5.74) is 7.75. The molecule has 0 saturated carbocycles. The number of hydrogen-bond acceptors (Lipinski definition) is 3. The molecule has 5 heteroatoms. The Morgan fingerprint density at radius 3 is 2.73 bits per heavy atom. The van der Waals surface area contributed by atoms with Gasteiger partial charge in [0, 0.05) is 10.4 Å². The second kappa shape index (κ2) is 6.57. The zero-order valence-corrected chi connectivity index (χ0v) is 15.4. The minimum atomic E-state index is -0.467. The number of hydrogen-bond donors (Lipinski definition) is 2. The summed E-state index contributed by atoms with van der Waals surface area (Å²) in [5, 5.41) is 5.43. The van der Waals surface area contributed by atoms with E-state index < -0.39 is 5.91 Å². The van der Waals surface area contributed by atoms with Crippen LogP contribution in [-0.2, 0) is 12.8 Å². The van der Waals surface area contributed by atoms with Crippen molar-refractivity contribution >= 4 is 38.9 Å². The van der Waals surface area contributed by atoms with E-state index in [2.05, 4.69) is 12.2 Å². The van der Waals surface area contributed by atoms with Crippen molar-refractivity contribution in [2.75, 3.05) is 5.32 Å². The van der Waals surface area contributed by atoms with Crippen LogP contribution >= 0.6 is 11.3 Å². The van der Waals surface area contributed by atoms with Gasteiger partial charge in [0.15, 0.2) is 0 Å². The first-order valence-corrected chi connectivity index (χ1v) is 9.59. The lowest BCUT2D eigenvalue weighted by atomic mass is 9.88. The van der Waals surface area contributed by atoms with E-state index in [-0.39, 0.29) is 5.91 Å². The van der Waals surface area contributed by atoms with Crippen LogP contribution in [-0.4, -0.2) is 11.8 Å². The summed E-state index contributed by atoms with van der Waals surface area (Å²) >= 11 is 1.49. The van der Waals surface area contributed by atoms with Crippen LogP contribution in [0.1, 0.15) is 44.5 Å². The van der Waals surface area contributed by atoms with Gasteiger partial charge < -0.3 is 11.1 Å². The molecule has 1 aromatic heterocycles. The fourth-order valence-electron chi connectivity index (χ4n) is 3.69. The van der Waals surface area contributed by atoms with E-state index in [0.717, 1.165) is 35.6 Å². The monoisotopic (exact) mass is 364 g/mol. The highest BCUT2D eigenvalue weighted by Gasteiger charge is 2.27. The van der Waals surface area contributed by atoms with Gasteiger partial charge in [0.05, 0.1) is 5.56 Å². The number of primary amides is 1. The van der Waals surface area contributed by atoms with Crippen LogP contribution in [0.25, 0.3) is 10.8 Å². The molecule has 0 fully saturated rings. The Morgan fingerprint density at radius 1 is 1.15 bits per heavy atom. The van der Waals surface area contributed by atoms with E-state index in [1.807, 2.05) is 36.4 Å². The molecule has 4 nitrogen and oxygen atoms in total. The first kappa shape index (κ1) is 16.8. The van der Waals surface area contributed by atoms with Gasteiger partial charge in [-0.1, -0.05) is 43.3 Å². The number of rotatable bonds is 3. The molecule has 3 aromatic rings. The van der Waals surface area contributed by atoms with Crippen LogP contribution in [0.15, 0.2) is 42.5 Å². The number of nitrogens with one attached hydrogen (secondary N) is 1. The van der Waals surface area contributed by atoms with Crippen molar-refractivity contribution in [2.45, 2.75) is 26.2 Å². The molecule has 1 heterocycles. The predicted molar refractivity (Wildman–Crippen MR) is 106 cm³/mol. The lowest BCUT2D eigenvalue weighted by Crippen LogP contribution is -2.19. The predicted octanol–water partition coefficient (Wildman–Crippen LogP) is 4.38. The molecule has 0 radical (unpaired) electrons. The van der Waals surface area contributed by atoms with Crippen molar-refractivity contribution in [1.29, 1.82) is 0 Å². The highest BCUT2D eigenvalue weighted by atomic mass is 32.1. The molecule has 2 amide bonds. The number of nitrogens with two attached hydrogens (primary N) is 1. The minimum absolute atomic E-state index is 0.212. The molecule has 3 N–H and O–H groups in total. The maximum absolute atomic E-state index is 12.9. The van der Waals surface area contributed by atoms with E-state index in [4.69, 9.17) is 5.73 Å². The van der Waals surface area contributed by atoms with Crippen molar-refractivity contribution in [1.82, 2.24) is 0 Å². The fourth-order valence-corrected chi connectivity index (χ4v) is 5.10. The standard InChI is InChI=1S/C21H20N2O2S/c1-12-9-10-16-17(11-12)26-21(18(16)19(22)24)23-20(25)15-8-4-6-13-5-2-3-7-14(13)15/h2-8,12H,9-11H2,1H3,(H2,22,24)(H,23,25). The molecular formula is C21H20N2O2S. The molecule has 0 saturated heterocycles. The average Bonchev–Trinajstić information content (AvgIpc) is 2.98. The maximum atomic E-state index is 12.9. The molecule has 1 unspecified atom stereocenters. The van der Waals surface area contributed by atoms with Gasteiger partial charge in [-0.15, -0.1) is 11.3 Å². The number of carbonyl (C=O) groups excluding carboxylic acids is 2. The fraction of sp³-hybridized carbons (Fsp3) is 0.238. The third-order valence-corrected chi connectivity index (χ3v) is 6.19. The first-order chi connectivity index (χ1) is 12.5. The van der Waals surface area contributed by atoms with Gasteiger partial charge in [0.25, 0.3) is 11.8 Å². The second-order valence-corrected chi connectivity index (χ2v) is 8.01. The summed E-state index contributed by atoms with van der Waals surface area (Å²) in [6.07, 6.45) is 2.82. The van der Waals surface area contributed by atoms with Crippen molar-refractivity contribution in [3.63, 3.8) is 0 Å². The van der Waals surface area contributed by atoms with Gasteiger partial charge in [0.2, 0.25) is 0 Å². The van der Waals surface area contributed by atoms with E-state index in [1.54, 1.807) is 6.07 Å². The highest BCUT2D eigenvalue weighted by molar-refractivity contribution is 7.17. The molecule has 1 aliphatic carbocycles. The van der Waals surface area contributed by atoms with E-state index in [0.29, 0.717) is 22.0 Å². The van der Waals surface area contributed by atoms with Crippen molar-refractivity contribution < 1.29 is 9.59 Å². The van der Waals surface area contributed by atoms with Crippen LogP contribution in [0.5, 0.6) is 0 Å². The Balaban J connectivity index is 1.73. The molecule has 0 spiro atoms. The van der Waals surface area contributed by atoms with Gasteiger partial charge in [-0.05, 0) is 47.6 Å². The smallest absolute Gasteiger partial charge is 0.256 e. The first-order valence-electron chi connectivity index (χ1n) is 8.78. The summed E-state index contributed by atoms with van der Waals surface area (Å²) in [7, 11) is 0. The Bertz CT molecular complexity index is 1020. The Hall–Kier alpha value is -2.66. The number of thiophene rings is 1. The third-order valence-electron chi connectivity index (χ3n) is 5.02.